The van der Waals surface area contributed by atoms with E-state index in [4.69, 9.17) is 4.52 Å². The number of rotatable bonds is 5. The molecule has 0 saturated heterocycles. The van der Waals surface area contributed by atoms with Crippen LogP contribution < -0.4 is 5.56 Å². The molecule has 0 N–H and O–H groups in total. The van der Waals surface area contributed by atoms with E-state index in [1.807, 2.05) is 53.7 Å². The standard InChI is InChI=1S/C18H16N4O2S/c1-21(11-14-9-17(23)22-7-8-25-18(22)19-14)12-15-10-16(20-24-15)13-5-3-2-4-6-13/h2-10H,11-12H2,1H3. The number of thiazole rings is 1. The second kappa shape index (κ2) is 6.62. The van der Waals surface area contributed by atoms with E-state index in [0.29, 0.717) is 18.1 Å². The molecule has 4 rings (SSSR count). The maximum Gasteiger partial charge on any atom is 0.258 e. The molecule has 3 aromatic heterocycles. The average molecular weight is 352 g/mol. The molecule has 3 heterocycles. The predicted octanol–water partition coefficient (Wildman–Crippen LogP) is 3.04. The van der Waals surface area contributed by atoms with Crippen molar-refractivity contribution in [2.75, 3.05) is 7.05 Å². The summed E-state index contributed by atoms with van der Waals surface area (Å²) in [6.07, 6.45) is 1.74. The molecule has 126 valence electrons. The van der Waals surface area contributed by atoms with Crippen molar-refractivity contribution in [1.29, 1.82) is 0 Å². The van der Waals surface area contributed by atoms with Gasteiger partial charge in [0.05, 0.1) is 12.2 Å². The zero-order chi connectivity index (χ0) is 17.2. The van der Waals surface area contributed by atoms with Gasteiger partial charge in [-0.2, -0.15) is 0 Å². The molecule has 0 unspecified atom stereocenters. The fraction of sp³-hybridized carbons (Fsp3) is 0.167. The number of hydrogen-bond acceptors (Lipinski definition) is 6. The van der Waals surface area contributed by atoms with Crippen LogP contribution in [0.25, 0.3) is 16.2 Å². The Hall–Kier alpha value is -2.77. The molecule has 0 aliphatic carbocycles. The zero-order valence-electron chi connectivity index (χ0n) is 13.6. The maximum atomic E-state index is 12.0. The number of benzene rings is 1. The number of fused-ring (bicyclic) bond motifs is 1. The molecule has 0 atom stereocenters. The highest BCUT2D eigenvalue weighted by atomic mass is 32.1. The van der Waals surface area contributed by atoms with Crippen LogP contribution in [-0.4, -0.2) is 26.5 Å². The molecular formula is C18H16N4O2S. The molecule has 6 nitrogen and oxygen atoms in total. The third kappa shape index (κ3) is 3.38. The fourth-order valence-corrected chi connectivity index (χ4v) is 3.44. The lowest BCUT2D eigenvalue weighted by Gasteiger charge is -2.13. The SMILES string of the molecule is CN(Cc1cc(=O)n2ccsc2n1)Cc1cc(-c2ccccc2)no1. The summed E-state index contributed by atoms with van der Waals surface area (Å²) >= 11 is 1.45. The van der Waals surface area contributed by atoms with Gasteiger partial charge in [-0.05, 0) is 7.05 Å². The fourth-order valence-electron chi connectivity index (χ4n) is 2.70. The van der Waals surface area contributed by atoms with Crippen LogP contribution in [0.4, 0.5) is 0 Å². The van der Waals surface area contributed by atoms with E-state index in [-0.39, 0.29) is 5.56 Å². The highest BCUT2D eigenvalue weighted by Gasteiger charge is 2.11. The van der Waals surface area contributed by atoms with Crippen LogP contribution in [0.5, 0.6) is 0 Å². The van der Waals surface area contributed by atoms with E-state index < -0.39 is 0 Å². The van der Waals surface area contributed by atoms with Crippen LogP contribution in [0.1, 0.15) is 11.5 Å². The lowest BCUT2D eigenvalue weighted by Crippen LogP contribution is -2.20. The minimum Gasteiger partial charge on any atom is -0.359 e. The summed E-state index contributed by atoms with van der Waals surface area (Å²) in [4.78, 5) is 19.3. The summed E-state index contributed by atoms with van der Waals surface area (Å²) in [6.45, 7) is 1.15. The van der Waals surface area contributed by atoms with E-state index in [9.17, 15) is 4.79 Å². The van der Waals surface area contributed by atoms with E-state index in [2.05, 4.69) is 10.1 Å². The average Bonchev–Trinajstić information content (AvgIpc) is 3.25. The number of aromatic nitrogens is 3. The highest BCUT2D eigenvalue weighted by molar-refractivity contribution is 7.15. The van der Waals surface area contributed by atoms with Gasteiger partial charge in [-0.25, -0.2) is 4.98 Å². The van der Waals surface area contributed by atoms with Gasteiger partial charge < -0.3 is 4.52 Å². The molecule has 4 aromatic rings. The Balaban J connectivity index is 1.47. The first-order valence-electron chi connectivity index (χ1n) is 7.84. The van der Waals surface area contributed by atoms with Crippen molar-refractivity contribution in [3.8, 4) is 11.3 Å². The smallest absolute Gasteiger partial charge is 0.258 e. The summed E-state index contributed by atoms with van der Waals surface area (Å²) in [5.74, 6) is 0.773. The topological polar surface area (TPSA) is 63.6 Å². The number of hydrogen-bond donors (Lipinski definition) is 0. The van der Waals surface area contributed by atoms with Gasteiger partial charge in [-0.15, -0.1) is 11.3 Å². The van der Waals surface area contributed by atoms with Crippen molar-refractivity contribution in [2.24, 2.45) is 0 Å². The molecule has 1 aromatic carbocycles. The predicted molar refractivity (Wildman–Crippen MR) is 96.4 cm³/mol. The van der Waals surface area contributed by atoms with Crippen LogP contribution in [0.2, 0.25) is 0 Å². The summed E-state index contributed by atoms with van der Waals surface area (Å²) in [7, 11) is 1.96. The molecule has 0 radical (unpaired) electrons. The Morgan fingerprint density at radius 3 is 2.88 bits per heavy atom. The summed E-state index contributed by atoms with van der Waals surface area (Å²) in [5, 5.41) is 5.98. The molecular weight excluding hydrogens is 336 g/mol. The van der Waals surface area contributed by atoms with Crippen molar-refractivity contribution in [1.82, 2.24) is 19.4 Å². The molecule has 0 saturated carbocycles. The largest absolute Gasteiger partial charge is 0.359 e. The van der Waals surface area contributed by atoms with Crippen molar-refractivity contribution >= 4 is 16.3 Å². The summed E-state index contributed by atoms with van der Waals surface area (Å²) in [5.41, 5.74) is 2.54. The van der Waals surface area contributed by atoms with Gasteiger partial charge in [0.25, 0.3) is 5.56 Å². The summed E-state index contributed by atoms with van der Waals surface area (Å²) < 4.78 is 6.99. The lowest BCUT2D eigenvalue weighted by molar-refractivity contribution is 0.264. The minimum absolute atomic E-state index is 0.0549. The Bertz CT molecular complexity index is 1050. The van der Waals surface area contributed by atoms with Crippen molar-refractivity contribution < 1.29 is 4.52 Å². The first kappa shape index (κ1) is 15.7. The molecule has 25 heavy (non-hydrogen) atoms. The van der Waals surface area contributed by atoms with Gasteiger partial charge in [-0.1, -0.05) is 35.5 Å². The third-order valence-electron chi connectivity index (χ3n) is 3.84. The molecule has 7 heteroatoms. The number of nitrogens with zero attached hydrogens (tertiary/aromatic N) is 4. The molecule has 0 aliphatic heterocycles. The quantitative estimate of drug-likeness (QED) is 0.552. The zero-order valence-corrected chi connectivity index (χ0v) is 14.4. The Morgan fingerprint density at radius 1 is 1.20 bits per heavy atom. The third-order valence-corrected chi connectivity index (χ3v) is 4.60. The van der Waals surface area contributed by atoms with E-state index >= 15 is 0 Å². The van der Waals surface area contributed by atoms with Crippen molar-refractivity contribution in [3.63, 3.8) is 0 Å². The minimum atomic E-state index is -0.0549. The van der Waals surface area contributed by atoms with Crippen molar-refractivity contribution in [3.05, 3.63) is 75.8 Å². The Kier molecular flexibility index (Phi) is 4.17. The first-order chi connectivity index (χ1) is 12.2. The van der Waals surface area contributed by atoms with Gasteiger partial charge in [0.15, 0.2) is 10.7 Å². The second-order valence-electron chi connectivity index (χ2n) is 5.86. The van der Waals surface area contributed by atoms with Gasteiger partial charge in [0.2, 0.25) is 0 Å². The van der Waals surface area contributed by atoms with Crippen molar-refractivity contribution in [2.45, 2.75) is 13.1 Å². The van der Waals surface area contributed by atoms with Crippen LogP contribution >= 0.6 is 11.3 Å². The first-order valence-corrected chi connectivity index (χ1v) is 8.72. The molecule has 0 spiro atoms. The van der Waals surface area contributed by atoms with Crippen LogP contribution in [0.3, 0.4) is 0 Å². The van der Waals surface area contributed by atoms with Gasteiger partial charge in [0.1, 0.15) is 5.69 Å². The Morgan fingerprint density at radius 2 is 2.04 bits per heavy atom. The van der Waals surface area contributed by atoms with E-state index in [1.54, 1.807) is 16.7 Å². The van der Waals surface area contributed by atoms with Crippen LogP contribution in [0, 0.1) is 0 Å². The van der Waals surface area contributed by atoms with Gasteiger partial charge in [-0.3, -0.25) is 14.1 Å². The van der Waals surface area contributed by atoms with Crippen LogP contribution in [0.15, 0.2) is 63.4 Å². The monoisotopic (exact) mass is 352 g/mol. The molecule has 0 bridgehead atoms. The van der Waals surface area contributed by atoms with E-state index in [0.717, 1.165) is 22.7 Å². The normalized spacial score (nSPS) is 11.4. The maximum absolute atomic E-state index is 12.0. The van der Waals surface area contributed by atoms with Gasteiger partial charge >= 0.3 is 0 Å². The molecule has 0 fully saturated rings. The van der Waals surface area contributed by atoms with Crippen LogP contribution in [-0.2, 0) is 13.1 Å². The van der Waals surface area contributed by atoms with Gasteiger partial charge in [0, 0.05) is 35.8 Å². The lowest BCUT2D eigenvalue weighted by atomic mass is 10.1. The molecule has 0 aliphatic rings. The van der Waals surface area contributed by atoms with E-state index in [1.165, 1.54) is 11.3 Å². The second-order valence-corrected chi connectivity index (χ2v) is 6.73. The molecule has 0 amide bonds. The Labute approximate surface area is 148 Å². The highest BCUT2D eigenvalue weighted by Crippen LogP contribution is 2.19. The summed E-state index contributed by atoms with van der Waals surface area (Å²) in [6, 6.07) is 13.4.